The van der Waals surface area contributed by atoms with Crippen molar-refractivity contribution in [3.63, 3.8) is 0 Å². The van der Waals surface area contributed by atoms with E-state index in [0.29, 0.717) is 11.4 Å². The van der Waals surface area contributed by atoms with Crippen molar-refractivity contribution in [1.82, 2.24) is 14.5 Å². The van der Waals surface area contributed by atoms with E-state index in [4.69, 9.17) is 17.3 Å². The van der Waals surface area contributed by atoms with E-state index in [-0.39, 0.29) is 5.28 Å². The lowest BCUT2D eigenvalue weighted by molar-refractivity contribution is 0.685. The van der Waals surface area contributed by atoms with Crippen LogP contribution < -0.4 is 10.6 Å². The molecule has 0 spiro atoms. The van der Waals surface area contributed by atoms with Crippen LogP contribution in [0.2, 0.25) is 5.28 Å². The van der Waals surface area contributed by atoms with Gasteiger partial charge in [0.25, 0.3) is 0 Å². The van der Waals surface area contributed by atoms with E-state index in [2.05, 4.69) is 50.9 Å². The van der Waals surface area contributed by atoms with Gasteiger partial charge in [0.15, 0.2) is 0 Å². The van der Waals surface area contributed by atoms with Crippen LogP contribution in [0.4, 0.5) is 11.4 Å². The van der Waals surface area contributed by atoms with Crippen molar-refractivity contribution in [1.29, 1.82) is 0 Å². The summed E-state index contributed by atoms with van der Waals surface area (Å²) in [5.74, 6) is 0. The fraction of sp³-hybridized carbons (Fsp3) is 0.200. The molecule has 0 bridgehead atoms. The van der Waals surface area contributed by atoms with Crippen LogP contribution in [-0.2, 0) is 6.54 Å². The van der Waals surface area contributed by atoms with Gasteiger partial charge in [0, 0.05) is 37.3 Å². The summed E-state index contributed by atoms with van der Waals surface area (Å²) < 4.78 is 2.26. The van der Waals surface area contributed by atoms with Gasteiger partial charge in [-0.2, -0.15) is 0 Å². The molecule has 0 saturated carbocycles. The smallest absolute Gasteiger partial charge is 0.223 e. The minimum Gasteiger partial charge on any atom is -0.396 e. The summed E-state index contributed by atoms with van der Waals surface area (Å²) in [4.78, 5) is 10.5. The fourth-order valence-corrected chi connectivity index (χ4v) is 3.11. The molecule has 2 N–H and O–H groups in total. The number of nitrogens with two attached hydrogens (primary N) is 1. The Bertz CT molecular complexity index is 855. The zero-order chi connectivity index (χ0) is 14.6. The third-order valence-corrected chi connectivity index (χ3v) is 4.19. The molecule has 0 aliphatic carbocycles. The van der Waals surface area contributed by atoms with Gasteiger partial charge in [-0.3, -0.25) is 0 Å². The van der Waals surface area contributed by atoms with Gasteiger partial charge in [-0.25, -0.2) is 9.97 Å². The Labute approximate surface area is 127 Å². The van der Waals surface area contributed by atoms with Gasteiger partial charge in [-0.15, -0.1) is 0 Å². The van der Waals surface area contributed by atoms with Crippen LogP contribution in [0.15, 0.2) is 30.6 Å². The van der Waals surface area contributed by atoms with Crippen LogP contribution in [0.25, 0.3) is 22.2 Å². The van der Waals surface area contributed by atoms with Gasteiger partial charge in [0.05, 0.1) is 23.1 Å². The fourth-order valence-electron chi connectivity index (χ4n) is 2.98. The van der Waals surface area contributed by atoms with E-state index >= 15 is 0 Å². The third-order valence-electron chi connectivity index (χ3n) is 4.01. The van der Waals surface area contributed by atoms with Crippen LogP contribution in [0.1, 0.15) is 0 Å². The molecule has 21 heavy (non-hydrogen) atoms. The molecule has 0 atom stereocenters. The highest BCUT2D eigenvalue weighted by atomic mass is 35.5. The minimum absolute atomic E-state index is 0.211. The van der Waals surface area contributed by atoms with Crippen LogP contribution >= 0.6 is 11.6 Å². The summed E-state index contributed by atoms with van der Waals surface area (Å²) in [5, 5.41) is 1.35. The number of para-hydroxylation sites is 1. The molecule has 0 radical (unpaired) electrons. The number of halogens is 1. The van der Waals surface area contributed by atoms with Gasteiger partial charge in [-0.1, -0.05) is 12.1 Å². The van der Waals surface area contributed by atoms with Crippen molar-refractivity contribution in [3.8, 4) is 11.3 Å². The molecule has 1 aromatic carbocycles. The number of aromatic nitrogens is 3. The lowest BCUT2D eigenvalue weighted by atomic mass is 10.1. The topological polar surface area (TPSA) is 60.0 Å². The lowest BCUT2D eigenvalue weighted by Crippen LogP contribution is -2.26. The van der Waals surface area contributed by atoms with E-state index in [1.165, 1.54) is 11.2 Å². The van der Waals surface area contributed by atoms with Crippen molar-refractivity contribution in [2.24, 2.45) is 0 Å². The average Bonchev–Trinajstić information content (AvgIpc) is 2.86. The van der Waals surface area contributed by atoms with Gasteiger partial charge in [-0.05, 0) is 17.7 Å². The predicted molar refractivity (Wildman–Crippen MR) is 85.7 cm³/mol. The number of anilines is 2. The molecular weight excluding hydrogens is 286 g/mol. The summed E-state index contributed by atoms with van der Waals surface area (Å²) in [6.45, 7) is 1.93. The Morgan fingerprint density at radius 3 is 3.00 bits per heavy atom. The largest absolute Gasteiger partial charge is 0.396 e. The number of hydrogen-bond acceptors (Lipinski definition) is 4. The van der Waals surface area contributed by atoms with E-state index < -0.39 is 0 Å². The summed E-state index contributed by atoms with van der Waals surface area (Å²) >= 11 is 5.93. The molecule has 5 nitrogen and oxygen atoms in total. The maximum Gasteiger partial charge on any atom is 0.223 e. The molecule has 0 unspecified atom stereocenters. The van der Waals surface area contributed by atoms with E-state index in [0.717, 1.165) is 24.0 Å². The Balaban J connectivity index is 2.06. The molecule has 6 heteroatoms. The summed E-state index contributed by atoms with van der Waals surface area (Å²) in [6.07, 6.45) is 3.67. The third kappa shape index (κ3) is 1.77. The first-order valence-corrected chi connectivity index (χ1v) is 7.14. The van der Waals surface area contributed by atoms with Gasteiger partial charge < -0.3 is 15.2 Å². The Hall–Kier alpha value is -2.27. The highest BCUT2D eigenvalue weighted by Crippen LogP contribution is 2.38. The summed E-state index contributed by atoms with van der Waals surface area (Å²) in [7, 11) is 2.11. The zero-order valence-electron chi connectivity index (χ0n) is 11.5. The number of nitrogen functional groups attached to an aromatic ring is 1. The molecule has 4 rings (SSSR count). The Kier molecular flexibility index (Phi) is 2.59. The Morgan fingerprint density at radius 1 is 1.29 bits per heavy atom. The second-order valence-corrected chi connectivity index (χ2v) is 5.61. The molecule has 106 valence electrons. The Morgan fingerprint density at radius 2 is 2.14 bits per heavy atom. The van der Waals surface area contributed by atoms with E-state index in [9.17, 15) is 0 Å². The first kappa shape index (κ1) is 12.5. The molecule has 3 aromatic rings. The number of benzene rings is 1. The summed E-state index contributed by atoms with van der Waals surface area (Å²) in [5.41, 5.74) is 10.7. The molecule has 2 aromatic heterocycles. The van der Waals surface area contributed by atoms with Crippen molar-refractivity contribution in [2.45, 2.75) is 6.54 Å². The molecule has 1 aliphatic rings. The van der Waals surface area contributed by atoms with E-state index in [1.54, 1.807) is 6.20 Å². The monoisotopic (exact) mass is 299 g/mol. The number of likely N-dealkylation sites (N-methyl/N-ethyl adjacent to an activating group) is 1. The molecule has 0 saturated heterocycles. The van der Waals surface area contributed by atoms with Crippen molar-refractivity contribution in [3.05, 3.63) is 35.9 Å². The van der Waals surface area contributed by atoms with Crippen LogP contribution in [0, 0.1) is 0 Å². The maximum atomic E-state index is 6.04. The maximum absolute atomic E-state index is 6.04. The SMILES string of the molecule is CN1CCn2cc(-c3nc(Cl)ncc3N)c3cccc1c32. The van der Waals surface area contributed by atoms with Crippen LogP contribution in [0.3, 0.4) is 0 Å². The van der Waals surface area contributed by atoms with Gasteiger partial charge >= 0.3 is 0 Å². The van der Waals surface area contributed by atoms with Crippen molar-refractivity contribution in [2.75, 3.05) is 24.2 Å². The lowest BCUT2D eigenvalue weighted by Gasteiger charge is -2.26. The predicted octanol–water partition coefficient (Wildman–Crippen LogP) is 2.78. The summed E-state index contributed by atoms with van der Waals surface area (Å²) in [6, 6.07) is 6.30. The number of hydrogen-bond donors (Lipinski definition) is 1. The van der Waals surface area contributed by atoms with Crippen LogP contribution in [-0.4, -0.2) is 28.1 Å². The van der Waals surface area contributed by atoms with Gasteiger partial charge in [0.1, 0.15) is 5.69 Å². The number of rotatable bonds is 1. The second kappa shape index (κ2) is 4.36. The van der Waals surface area contributed by atoms with Crippen molar-refractivity contribution < 1.29 is 0 Å². The normalized spacial score (nSPS) is 13.9. The molecule has 1 aliphatic heterocycles. The molecule has 0 amide bonds. The molecular formula is C15H14ClN5. The second-order valence-electron chi connectivity index (χ2n) is 5.27. The first-order valence-electron chi connectivity index (χ1n) is 6.76. The highest BCUT2D eigenvalue weighted by molar-refractivity contribution is 6.28. The average molecular weight is 300 g/mol. The standard InChI is InChI=1S/C15H14ClN5/c1-20-5-6-21-8-10(9-3-2-4-12(20)14(9)21)13-11(17)7-18-15(16)19-13/h2-4,7-8H,5-6,17H2,1H3. The quantitative estimate of drug-likeness (QED) is 0.702. The zero-order valence-corrected chi connectivity index (χ0v) is 12.3. The van der Waals surface area contributed by atoms with E-state index in [1.807, 2.05) is 0 Å². The minimum atomic E-state index is 0.211. The number of nitrogens with zero attached hydrogens (tertiary/aromatic N) is 4. The highest BCUT2D eigenvalue weighted by Gasteiger charge is 2.21. The first-order chi connectivity index (χ1) is 10.1. The van der Waals surface area contributed by atoms with Crippen molar-refractivity contribution >= 4 is 33.9 Å². The van der Waals surface area contributed by atoms with Gasteiger partial charge in [0.2, 0.25) is 5.28 Å². The molecule has 3 heterocycles. The van der Waals surface area contributed by atoms with Crippen LogP contribution in [0.5, 0.6) is 0 Å². The molecule has 0 fully saturated rings.